The molecule has 0 spiro atoms. The van der Waals surface area contributed by atoms with Crippen molar-refractivity contribution >= 4 is 51.3 Å². The molecule has 26 heavy (non-hydrogen) atoms. The molecule has 0 atom stereocenters. The van der Waals surface area contributed by atoms with Crippen LogP contribution in [0.5, 0.6) is 0 Å². The van der Waals surface area contributed by atoms with Crippen molar-refractivity contribution in [1.82, 2.24) is 4.68 Å². The number of aromatic nitrogens is 1. The number of rotatable bonds is 2. The fourth-order valence-electron chi connectivity index (χ4n) is 2.94. The molecule has 3 heterocycles. The minimum Gasteiger partial charge on any atom is -0.463 e. The smallest absolute Gasteiger partial charge is 0.285 e. The molecule has 7 heteroatoms. The molecular weight excluding hydrogens is 368 g/mol. The van der Waals surface area contributed by atoms with Gasteiger partial charge in [0.15, 0.2) is 9.75 Å². The van der Waals surface area contributed by atoms with Gasteiger partial charge in [0.2, 0.25) is 0 Å². The number of benzene rings is 1. The number of aryl methyl sites for hydroxylation is 2. The van der Waals surface area contributed by atoms with E-state index in [-0.39, 0.29) is 11.3 Å². The summed E-state index contributed by atoms with van der Waals surface area (Å²) in [5, 5.41) is 1.94. The van der Waals surface area contributed by atoms with E-state index in [1.54, 1.807) is 35.0 Å². The zero-order valence-electron chi connectivity index (χ0n) is 14.1. The zero-order valence-corrected chi connectivity index (χ0v) is 15.7. The molecule has 5 nitrogen and oxygen atoms in total. The second-order valence-corrected chi connectivity index (χ2v) is 7.61. The molecule has 1 saturated heterocycles. The second kappa shape index (κ2) is 6.26. The van der Waals surface area contributed by atoms with Crippen LogP contribution in [0.2, 0.25) is 0 Å². The van der Waals surface area contributed by atoms with Gasteiger partial charge in [-0.25, -0.2) is 0 Å². The van der Waals surface area contributed by atoms with Crippen LogP contribution in [0.4, 0.5) is 0 Å². The van der Waals surface area contributed by atoms with Crippen molar-refractivity contribution < 1.29 is 9.21 Å². The Hall–Kier alpha value is -2.64. The molecule has 0 bridgehead atoms. The summed E-state index contributed by atoms with van der Waals surface area (Å²) in [5.41, 5.74) is 2.48. The van der Waals surface area contributed by atoms with Crippen molar-refractivity contribution in [3.63, 3.8) is 0 Å². The number of nitrogens with zero attached hydrogens (tertiary/aromatic N) is 2. The van der Waals surface area contributed by atoms with E-state index in [0.717, 1.165) is 11.4 Å². The molecule has 1 aliphatic heterocycles. The SMILES string of the molecule is Cc1ccc(C)n1N1C(=O)C(=Cc2coc3ccccc3c2=O)SC1=S. The maximum absolute atomic E-state index is 12.9. The highest BCUT2D eigenvalue weighted by Gasteiger charge is 2.35. The van der Waals surface area contributed by atoms with Crippen LogP contribution < -0.4 is 10.4 Å². The van der Waals surface area contributed by atoms with Gasteiger partial charge in [-0.15, -0.1) is 0 Å². The third-order valence-corrected chi connectivity index (χ3v) is 5.48. The molecule has 0 aliphatic carbocycles. The molecule has 1 fully saturated rings. The van der Waals surface area contributed by atoms with Crippen molar-refractivity contribution in [2.24, 2.45) is 0 Å². The Balaban J connectivity index is 1.78. The van der Waals surface area contributed by atoms with Gasteiger partial charge >= 0.3 is 0 Å². The fraction of sp³-hybridized carbons (Fsp3) is 0.105. The Labute approximate surface area is 158 Å². The quantitative estimate of drug-likeness (QED) is 0.499. The molecule has 130 valence electrons. The third-order valence-electron chi connectivity index (χ3n) is 4.20. The number of amides is 1. The van der Waals surface area contributed by atoms with E-state index in [0.29, 0.717) is 25.8 Å². The Morgan fingerprint density at radius 2 is 1.77 bits per heavy atom. The monoisotopic (exact) mass is 382 g/mol. The van der Waals surface area contributed by atoms with Gasteiger partial charge in [0.1, 0.15) is 11.8 Å². The molecule has 1 aliphatic rings. The van der Waals surface area contributed by atoms with E-state index in [9.17, 15) is 9.59 Å². The van der Waals surface area contributed by atoms with Gasteiger partial charge in [-0.05, 0) is 56.4 Å². The van der Waals surface area contributed by atoms with Crippen LogP contribution in [0.25, 0.3) is 17.0 Å². The van der Waals surface area contributed by atoms with Gasteiger partial charge in [-0.3, -0.25) is 14.3 Å². The first kappa shape index (κ1) is 16.8. The van der Waals surface area contributed by atoms with Gasteiger partial charge in [-0.2, -0.15) is 5.01 Å². The maximum Gasteiger partial charge on any atom is 0.285 e. The minimum absolute atomic E-state index is 0.176. The summed E-state index contributed by atoms with van der Waals surface area (Å²) < 4.78 is 7.72. The number of thiocarbonyl (C=S) groups is 1. The average Bonchev–Trinajstić information content (AvgIpc) is 3.09. The van der Waals surface area contributed by atoms with Gasteiger partial charge in [0, 0.05) is 11.4 Å². The lowest BCUT2D eigenvalue weighted by Gasteiger charge is -2.20. The maximum atomic E-state index is 12.9. The number of hydrogen-bond acceptors (Lipinski definition) is 5. The number of thioether (sulfide) groups is 1. The third kappa shape index (κ3) is 2.60. The van der Waals surface area contributed by atoms with Crippen LogP contribution in [-0.2, 0) is 4.79 Å². The standard InChI is InChI=1S/C19H14N2O3S2/c1-11-7-8-12(2)20(11)21-18(23)16(26-19(21)25)9-13-10-24-15-6-4-3-5-14(15)17(13)22/h3-10H,1-2H3. The lowest BCUT2D eigenvalue weighted by Crippen LogP contribution is -2.39. The molecule has 0 N–H and O–H groups in total. The summed E-state index contributed by atoms with van der Waals surface area (Å²) in [6, 6.07) is 10.9. The number of carbonyl (C=O) groups excluding carboxylic acids is 1. The lowest BCUT2D eigenvalue weighted by atomic mass is 10.1. The first-order valence-corrected chi connectivity index (χ1v) is 9.13. The van der Waals surface area contributed by atoms with E-state index in [1.807, 2.05) is 26.0 Å². The zero-order chi connectivity index (χ0) is 18.4. The highest BCUT2D eigenvalue weighted by Crippen LogP contribution is 2.32. The van der Waals surface area contributed by atoms with E-state index in [4.69, 9.17) is 16.6 Å². The van der Waals surface area contributed by atoms with Gasteiger partial charge in [0.05, 0.1) is 15.9 Å². The van der Waals surface area contributed by atoms with Crippen molar-refractivity contribution in [1.29, 1.82) is 0 Å². The van der Waals surface area contributed by atoms with Gasteiger partial charge in [-0.1, -0.05) is 23.9 Å². The Morgan fingerprint density at radius 1 is 1.08 bits per heavy atom. The second-order valence-electron chi connectivity index (χ2n) is 5.94. The molecule has 0 saturated carbocycles. The average molecular weight is 382 g/mol. The Morgan fingerprint density at radius 3 is 2.50 bits per heavy atom. The Kier molecular flexibility index (Phi) is 4.05. The first-order valence-electron chi connectivity index (χ1n) is 7.91. The largest absolute Gasteiger partial charge is 0.463 e. The van der Waals surface area contributed by atoms with Crippen LogP contribution in [0.1, 0.15) is 17.0 Å². The Bertz CT molecular complexity index is 1140. The first-order chi connectivity index (χ1) is 12.5. The fourth-order valence-corrected chi connectivity index (χ4v) is 4.17. The van der Waals surface area contributed by atoms with Gasteiger partial charge in [0.25, 0.3) is 5.91 Å². The van der Waals surface area contributed by atoms with Crippen molar-refractivity contribution in [3.05, 3.63) is 74.7 Å². The van der Waals surface area contributed by atoms with Crippen LogP contribution in [0, 0.1) is 13.8 Å². The number of hydrogen-bond donors (Lipinski definition) is 0. The van der Waals surface area contributed by atoms with E-state index in [1.165, 1.54) is 23.0 Å². The number of carbonyl (C=O) groups is 1. The minimum atomic E-state index is -0.255. The number of fused-ring (bicyclic) bond motifs is 1. The summed E-state index contributed by atoms with van der Waals surface area (Å²) in [5.74, 6) is -0.255. The highest BCUT2D eigenvalue weighted by atomic mass is 32.2. The lowest BCUT2D eigenvalue weighted by molar-refractivity contribution is -0.114. The van der Waals surface area contributed by atoms with E-state index >= 15 is 0 Å². The van der Waals surface area contributed by atoms with Crippen LogP contribution in [0.15, 0.2) is 56.8 Å². The molecule has 4 rings (SSSR count). The van der Waals surface area contributed by atoms with Crippen LogP contribution >= 0.6 is 24.0 Å². The normalized spacial score (nSPS) is 16.2. The molecule has 1 amide bonds. The van der Waals surface area contributed by atoms with Crippen LogP contribution in [0.3, 0.4) is 0 Å². The topological polar surface area (TPSA) is 55.5 Å². The van der Waals surface area contributed by atoms with Crippen molar-refractivity contribution in [3.8, 4) is 0 Å². The summed E-state index contributed by atoms with van der Waals surface area (Å²) in [6.07, 6.45) is 2.93. The summed E-state index contributed by atoms with van der Waals surface area (Å²) in [6.45, 7) is 3.82. The summed E-state index contributed by atoms with van der Waals surface area (Å²) in [4.78, 5) is 25.9. The summed E-state index contributed by atoms with van der Waals surface area (Å²) >= 11 is 6.57. The molecule has 0 radical (unpaired) electrons. The summed E-state index contributed by atoms with van der Waals surface area (Å²) in [7, 11) is 0. The van der Waals surface area contributed by atoms with Gasteiger partial charge < -0.3 is 4.42 Å². The van der Waals surface area contributed by atoms with Crippen molar-refractivity contribution in [2.45, 2.75) is 13.8 Å². The molecule has 2 aromatic heterocycles. The molecule has 3 aromatic rings. The number of para-hydroxylation sites is 1. The molecular formula is C19H14N2O3S2. The van der Waals surface area contributed by atoms with Crippen LogP contribution in [-0.4, -0.2) is 14.9 Å². The predicted octanol–water partition coefficient (Wildman–Crippen LogP) is 3.75. The van der Waals surface area contributed by atoms with E-state index < -0.39 is 0 Å². The highest BCUT2D eigenvalue weighted by molar-refractivity contribution is 8.27. The molecule has 1 aromatic carbocycles. The predicted molar refractivity (Wildman–Crippen MR) is 108 cm³/mol. The molecule has 0 unspecified atom stereocenters. The van der Waals surface area contributed by atoms with Crippen molar-refractivity contribution in [2.75, 3.05) is 5.01 Å². The van der Waals surface area contributed by atoms with E-state index in [2.05, 4.69) is 0 Å².